The molecule has 0 aliphatic carbocycles. The summed E-state index contributed by atoms with van der Waals surface area (Å²) in [7, 11) is 0. The van der Waals surface area contributed by atoms with Crippen molar-refractivity contribution in [3.8, 4) is 0 Å². The average Bonchev–Trinajstić information content (AvgIpc) is 2.57. The zero-order chi connectivity index (χ0) is 16.9. The highest BCUT2D eigenvalue weighted by molar-refractivity contribution is 5.97. The van der Waals surface area contributed by atoms with Crippen LogP contribution in [0.5, 0.6) is 0 Å². The zero-order valence-corrected chi connectivity index (χ0v) is 13.1. The maximum Gasteiger partial charge on any atom is 0.253 e. The number of benzene rings is 1. The predicted octanol–water partition coefficient (Wildman–Crippen LogP) is 1.82. The van der Waals surface area contributed by atoms with Crippen LogP contribution >= 0.6 is 0 Å². The van der Waals surface area contributed by atoms with Gasteiger partial charge in [0.05, 0.1) is 5.56 Å². The average molecular weight is 327 g/mol. The Morgan fingerprint density at radius 2 is 2.17 bits per heavy atom. The van der Waals surface area contributed by atoms with E-state index in [-0.39, 0.29) is 17.6 Å². The molecular formula is C18H18FN3O2. The Morgan fingerprint density at radius 1 is 1.29 bits per heavy atom. The first-order chi connectivity index (χ1) is 11.6. The van der Waals surface area contributed by atoms with E-state index >= 15 is 0 Å². The van der Waals surface area contributed by atoms with Crippen LogP contribution in [0.1, 0.15) is 34.3 Å². The number of hydrogen-bond acceptors (Lipinski definition) is 3. The van der Waals surface area contributed by atoms with Crippen LogP contribution in [0.3, 0.4) is 0 Å². The van der Waals surface area contributed by atoms with E-state index in [1.165, 1.54) is 18.3 Å². The smallest absolute Gasteiger partial charge is 0.253 e. The molecule has 1 unspecified atom stereocenters. The van der Waals surface area contributed by atoms with Gasteiger partial charge in [-0.3, -0.25) is 14.6 Å². The number of nitrogens with one attached hydrogen (secondary N) is 2. The fraction of sp³-hybridized carbons (Fsp3) is 0.278. The van der Waals surface area contributed by atoms with E-state index in [4.69, 9.17) is 0 Å². The topological polar surface area (TPSA) is 71.1 Å². The van der Waals surface area contributed by atoms with Crippen molar-refractivity contribution < 1.29 is 14.0 Å². The number of halogens is 1. The molecule has 2 N–H and O–H groups in total. The highest BCUT2D eigenvalue weighted by Gasteiger charge is 2.24. The number of aromatic nitrogens is 1. The SMILES string of the molecule is O=C(NC1CCCNC1=O)c1cncc(Cc2cccc(F)c2)c1. The van der Waals surface area contributed by atoms with Crippen molar-refractivity contribution >= 4 is 11.8 Å². The van der Waals surface area contributed by atoms with Gasteiger partial charge in [-0.15, -0.1) is 0 Å². The number of piperidine rings is 1. The number of nitrogens with zero attached hydrogens (tertiary/aromatic N) is 1. The molecule has 1 aromatic carbocycles. The van der Waals surface area contributed by atoms with Crippen LogP contribution in [-0.4, -0.2) is 29.4 Å². The second-order valence-corrected chi connectivity index (χ2v) is 5.85. The molecule has 1 saturated heterocycles. The first-order valence-electron chi connectivity index (χ1n) is 7.89. The Bertz CT molecular complexity index is 763. The van der Waals surface area contributed by atoms with Gasteiger partial charge in [0.15, 0.2) is 0 Å². The van der Waals surface area contributed by atoms with Gasteiger partial charge in [0.1, 0.15) is 11.9 Å². The molecule has 2 heterocycles. The minimum atomic E-state index is -0.502. The molecule has 2 aromatic rings. The highest BCUT2D eigenvalue weighted by Crippen LogP contribution is 2.12. The number of pyridine rings is 1. The van der Waals surface area contributed by atoms with Crippen molar-refractivity contribution in [2.45, 2.75) is 25.3 Å². The molecule has 1 aliphatic rings. The van der Waals surface area contributed by atoms with Gasteiger partial charge in [-0.25, -0.2) is 4.39 Å². The number of hydrogen-bond donors (Lipinski definition) is 2. The maximum absolute atomic E-state index is 13.3. The van der Waals surface area contributed by atoms with Gasteiger partial charge in [-0.2, -0.15) is 0 Å². The van der Waals surface area contributed by atoms with Crippen molar-refractivity contribution in [3.05, 3.63) is 65.2 Å². The van der Waals surface area contributed by atoms with Crippen LogP contribution in [0.2, 0.25) is 0 Å². The summed E-state index contributed by atoms with van der Waals surface area (Å²) < 4.78 is 13.3. The second-order valence-electron chi connectivity index (χ2n) is 5.85. The fourth-order valence-corrected chi connectivity index (χ4v) is 2.74. The molecule has 124 valence electrons. The molecule has 2 amide bonds. The van der Waals surface area contributed by atoms with Crippen LogP contribution in [-0.2, 0) is 11.2 Å². The Balaban J connectivity index is 1.70. The molecule has 1 atom stereocenters. The van der Waals surface area contributed by atoms with E-state index in [1.807, 2.05) is 6.07 Å². The minimum absolute atomic E-state index is 0.154. The van der Waals surface area contributed by atoms with Gasteiger partial charge in [0.25, 0.3) is 5.91 Å². The van der Waals surface area contributed by atoms with Crippen LogP contribution in [0.4, 0.5) is 4.39 Å². The second kappa shape index (κ2) is 7.21. The summed E-state index contributed by atoms with van der Waals surface area (Å²) in [6.45, 7) is 0.649. The summed E-state index contributed by atoms with van der Waals surface area (Å²) in [6.07, 6.45) is 5.07. The van der Waals surface area contributed by atoms with E-state index in [9.17, 15) is 14.0 Å². The molecule has 1 aliphatic heterocycles. The third kappa shape index (κ3) is 3.95. The van der Waals surface area contributed by atoms with E-state index < -0.39 is 6.04 Å². The quantitative estimate of drug-likeness (QED) is 0.900. The number of amides is 2. The van der Waals surface area contributed by atoms with Gasteiger partial charge >= 0.3 is 0 Å². The van der Waals surface area contributed by atoms with Crippen LogP contribution in [0.25, 0.3) is 0 Å². The van der Waals surface area contributed by atoms with E-state index in [0.717, 1.165) is 17.5 Å². The largest absolute Gasteiger partial charge is 0.354 e. The third-order valence-corrected chi connectivity index (χ3v) is 3.94. The van der Waals surface area contributed by atoms with Crippen molar-refractivity contribution in [3.63, 3.8) is 0 Å². The summed E-state index contributed by atoms with van der Waals surface area (Å²) in [5.74, 6) is -0.776. The lowest BCUT2D eigenvalue weighted by Crippen LogP contribution is -2.50. The molecular weight excluding hydrogens is 309 g/mol. The van der Waals surface area contributed by atoms with E-state index in [0.29, 0.717) is 24.9 Å². The predicted molar refractivity (Wildman–Crippen MR) is 86.9 cm³/mol. The van der Waals surface area contributed by atoms with Crippen molar-refractivity contribution in [1.82, 2.24) is 15.6 Å². The Labute approximate surface area is 139 Å². The molecule has 0 bridgehead atoms. The van der Waals surface area contributed by atoms with Gasteiger partial charge in [-0.1, -0.05) is 12.1 Å². The summed E-state index contributed by atoms with van der Waals surface area (Å²) in [4.78, 5) is 28.1. The fourth-order valence-electron chi connectivity index (χ4n) is 2.74. The van der Waals surface area contributed by atoms with Crippen LogP contribution in [0, 0.1) is 5.82 Å². The molecule has 3 rings (SSSR count). The summed E-state index contributed by atoms with van der Waals surface area (Å²) >= 11 is 0. The molecule has 0 radical (unpaired) electrons. The number of rotatable bonds is 4. The molecule has 5 nitrogen and oxygen atoms in total. The van der Waals surface area contributed by atoms with Gasteiger partial charge in [0.2, 0.25) is 5.91 Å². The summed E-state index contributed by atoms with van der Waals surface area (Å²) in [5.41, 5.74) is 2.00. The molecule has 0 spiro atoms. The number of carbonyl (C=O) groups is 2. The normalized spacial score (nSPS) is 17.2. The molecule has 1 fully saturated rings. The molecule has 24 heavy (non-hydrogen) atoms. The first kappa shape index (κ1) is 16.1. The van der Waals surface area contributed by atoms with Crippen molar-refractivity contribution in [2.24, 2.45) is 0 Å². The lowest BCUT2D eigenvalue weighted by atomic mass is 10.0. The summed E-state index contributed by atoms with van der Waals surface area (Å²) in [5, 5.41) is 5.47. The van der Waals surface area contributed by atoms with Gasteiger partial charge in [0, 0.05) is 18.9 Å². The van der Waals surface area contributed by atoms with E-state index in [1.54, 1.807) is 18.3 Å². The van der Waals surface area contributed by atoms with Crippen molar-refractivity contribution in [1.29, 1.82) is 0 Å². The summed E-state index contributed by atoms with van der Waals surface area (Å²) in [6, 6.07) is 7.53. The zero-order valence-electron chi connectivity index (χ0n) is 13.1. The highest BCUT2D eigenvalue weighted by atomic mass is 19.1. The third-order valence-electron chi connectivity index (χ3n) is 3.94. The van der Waals surface area contributed by atoms with Crippen LogP contribution in [0.15, 0.2) is 42.7 Å². The standard InChI is InChI=1S/C18H18FN3O2/c19-15-4-1-3-12(9-15)7-13-8-14(11-20-10-13)17(23)22-16-5-2-6-21-18(16)24/h1,3-4,8-11,16H,2,5-7H2,(H,21,24)(H,22,23). The Kier molecular flexibility index (Phi) is 4.84. The number of carbonyl (C=O) groups excluding carboxylic acids is 2. The monoisotopic (exact) mass is 327 g/mol. The lowest BCUT2D eigenvalue weighted by molar-refractivity contribution is -0.124. The molecule has 1 aromatic heterocycles. The van der Waals surface area contributed by atoms with Crippen molar-refractivity contribution in [2.75, 3.05) is 6.54 Å². The first-order valence-corrected chi connectivity index (χ1v) is 7.89. The van der Waals surface area contributed by atoms with Gasteiger partial charge in [-0.05, 0) is 48.6 Å². The molecule has 0 saturated carbocycles. The van der Waals surface area contributed by atoms with E-state index in [2.05, 4.69) is 15.6 Å². The lowest BCUT2D eigenvalue weighted by Gasteiger charge is -2.22. The minimum Gasteiger partial charge on any atom is -0.354 e. The Morgan fingerprint density at radius 3 is 2.96 bits per heavy atom. The molecule has 6 heteroatoms. The van der Waals surface area contributed by atoms with Crippen LogP contribution < -0.4 is 10.6 Å². The maximum atomic E-state index is 13.3. The van der Waals surface area contributed by atoms with Gasteiger partial charge < -0.3 is 10.6 Å². The Hall–Kier alpha value is -2.76.